The van der Waals surface area contributed by atoms with Crippen LogP contribution in [0.5, 0.6) is 0 Å². The number of nitrogens with zero attached hydrogens (tertiary/aromatic N) is 1. The van der Waals surface area contributed by atoms with Crippen LogP contribution in [-0.4, -0.2) is 15.1 Å². The van der Waals surface area contributed by atoms with E-state index in [0.717, 1.165) is 5.69 Å². The van der Waals surface area contributed by atoms with Crippen LogP contribution in [0.3, 0.4) is 0 Å². The Morgan fingerprint density at radius 1 is 1.38 bits per heavy atom. The smallest absolute Gasteiger partial charge is 0.138 e. The minimum atomic E-state index is -0.253. The molecular weight excluding hydrogens is 207 g/mol. The summed E-state index contributed by atoms with van der Waals surface area (Å²) in [7, 11) is 0. The Morgan fingerprint density at radius 3 is 2.69 bits per heavy atom. The summed E-state index contributed by atoms with van der Waals surface area (Å²) >= 11 is 0. The van der Waals surface area contributed by atoms with Gasteiger partial charge >= 0.3 is 0 Å². The number of benzene rings is 1. The summed E-state index contributed by atoms with van der Waals surface area (Å²) in [4.78, 5) is 7.22. The van der Waals surface area contributed by atoms with Crippen LogP contribution in [0.2, 0.25) is 0 Å². The number of aryl methyl sites for hydroxylation is 2. The first-order valence-corrected chi connectivity index (χ1v) is 5.04. The zero-order chi connectivity index (χ0) is 11.7. The van der Waals surface area contributed by atoms with E-state index in [1.54, 1.807) is 19.1 Å². The SMILES string of the molecule is Cc1ccc(-c2nc(CO)c(C)[nH]2)cc1F. The molecule has 1 heterocycles. The van der Waals surface area contributed by atoms with Gasteiger partial charge in [0.2, 0.25) is 0 Å². The van der Waals surface area contributed by atoms with E-state index in [1.165, 1.54) is 6.07 Å². The lowest BCUT2D eigenvalue weighted by atomic mass is 10.1. The molecule has 0 saturated carbocycles. The molecule has 2 rings (SSSR count). The standard InChI is InChI=1S/C12H13FN2O/c1-7-3-4-9(5-10(7)13)12-14-8(2)11(6-16)15-12/h3-5,16H,6H2,1-2H3,(H,14,15). The Labute approximate surface area is 93.0 Å². The Morgan fingerprint density at radius 2 is 2.12 bits per heavy atom. The summed E-state index contributed by atoms with van der Waals surface area (Å²) in [6.45, 7) is 3.43. The number of aliphatic hydroxyl groups is 1. The minimum Gasteiger partial charge on any atom is -0.390 e. The number of aromatic amines is 1. The molecule has 0 bridgehead atoms. The third-order valence-electron chi connectivity index (χ3n) is 2.58. The molecule has 2 aromatic rings. The topological polar surface area (TPSA) is 48.9 Å². The summed E-state index contributed by atoms with van der Waals surface area (Å²) in [5.74, 6) is 0.331. The molecule has 0 radical (unpaired) electrons. The summed E-state index contributed by atoms with van der Waals surface area (Å²) < 4.78 is 13.4. The van der Waals surface area contributed by atoms with Gasteiger partial charge in [-0.1, -0.05) is 12.1 Å². The Bertz CT molecular complexity index is 520. The van der Waals surface area contributed by atoms with Crippen molar-refractivity contribution < 1.29 is 9.50 Å². The first-order chi connectivity index (χ1) is 7.61. The number of imidazole rings is 1. The van der Waals surface area contributed by atoms with Gasteiger partial charge in [-0.15, -0.1) is 0 Å². The maximum Gasteiger partial charge on any atom is 0.138 e. The van der Waals surface area contributed by atoms with Crippen LogP contribution < -0.4 is 0 Å². The lowest BCUT2D eigenvalue weighted by Crippen LogP contribution is -1.87. The van der Waals surface area contributed by atoms with E-state index in [-0.39, 0.29) is 12.4 Å². The van der Waals surface area contributed by atoms with Crippen molar-refractivity contribution in [3.63, 3.8) is 0 Å². The Balaban J connectivity index is 2.46. The van der Waals surface area contributed by atoms with Gasteiger partial charge in [0.15, 0.2) is 0 Å². The lowest BCUT2D eigenvalue weighted by molar-refractivity contribution is 0.276. The molecule has 0 aliphatic heterocycles. The van der Waals surface area contributed by atoms with Crippen LogP contribution in [0, 0.1) is 19.7 Å². The molecule has 3 nitrogen and oxygen atoms in total. The number of H-pyrrole nitrogens is 1. The summed E-state index contributed by atoms with van der Waals surface area (Å²) in [5, 5.41) is 9.02. The van der Waals surface area contributed by atoms with Crippen LogP contribution in [-0.2, 0) is 6.61 Å². The number of aliphatic hydroxyl groups excluding tert-OH is 1. The minimum absolute atomic E-state index is 0.114. The van der Waals surface area contributed by atoms with Gasteiger partial charge in [-0.3, -0.25) is 0 Å². The zero-order valence-corrected chi connectivity index (χ0v) is 9.21. The molecule has 84 valence electrons. The van der Waals surface area contributed by atoms with Crippen LogP contribution in [0.1, 0.15) is 17.0 Å². The second kappa shape index (κ2) is 4.06. The highest BCUT2D eigenvalue weighted by Gasteiger charge is 2.08. The van der Waals surface area contributed by atoms with Gasteiger partial charge in [0.1, 0.15) is 11.6 Å². The van der Waals surface area contributed by atoms with E-state index in [1.807, 2.05) is 6.92 Å². The second-order valence-electron chi connectivity index (χ2n) is 3.78. The fraction of sp³-hybridized carbons (Fsp3) is 0.250. The van der Waals surface area contributed by atoms with Crippen molar-refractivity contribution in [2.75, 3.05) is 0 Å². The monoisotopic (exact) mass is 220 g/mol. The highest BCUT2D eigenvalue weighted by molar-refractivity contribution is 5.56. The van der Waals surface area contributed by atoms with E-state index in [4.69, 9.17) is 5.11 Å². The van der Waals surface area contributed by atoms with Crippen molar-refractivity contribution in [1.29, 1.82) is 0 Å². The second-order valence-corrected chi connectivity index (χ2v) is 3.78. The maximum absolute atomic E-state index is 13.4. The third-order valence-corrected chi connectivity index (χ3v) is 2.58. The molecule has 0 fully saturated rings. The molecule has 0 amide bonds. The molecule has 4 heteroatoms. The predicted octanol–water partition coefficient (Wildman–Crippen LogP) is 2.32. The molecule has 0 aliphatic carbocycles. The first-order valence-electron chi connectivity index (χ1n) is 5.04. The summed E-state index contributed by atoms with van der Waals surface area (Å²) in [5.41, 5.74) is 2.69. The Kier molecular flexibility index (Phi) is 2.75. The molecule has 0 atom stereocenters. The molecule has 1 aromatic carbocycles. The van der Waals surface area contributed by atoms with E-state index in [9.17, 15) is 4.39 Å². The van der Waals surface area contributed by atoms with Gasteiger partial charge in [-0.2, -0.15) is 0 Å². The average Bonchev–Trinajstić information content (AvgIpc) is 2.64. The number of hydrogen-bond donors (Lipinski definition) is 2. The van der Waals surface area contributed by atoms with Gasteiger partial charge in [0.25, 0.3) is 0 Å². The molecule has 1 aromatic heterocycles. The fourth-order valence-corrected chi connectivity index (χ4v) is 1.53. The van der Waals surface area contributed by atoms with Crippen LogP contribution in [0.15, 0.2) is 18.2 Å². The maximum atomic E-state index is 13.4. The van der Waals surface area contributed by atoms with Crippen molar-refractivity contribution in [3.8, 4) is 11.4 Å². The largest absolute Gasteiger partial charge is 0.390 e. The molecule has 0 spiro atoms. The normalized spacial score (nSPS) is 10.8. The number of rotatable bonds is 2. The quantitative estimate of drug-likeness (QED) is 0.816. The lowest BCUT2D eigenvalue weighted by Gasteiger charge is -1.99. The van der Waals surface area contributed by atoms with Gasteiger partial charge in [-0.05, 0) is 25.5 Å². The van der Waals surface area contributed by atoms with Crippen molar-refractivity contribution in [2.45, 2.75) is 20.5 Å². The fourth-order valence-electron chi connectivity index (χ4n) is 1.53. The predicted molar refractivity (Wildman–Crippen MR) is 59.4 cm³/mol. The molecule has 0 aliphatic rings. The molecular formula is C12H13FN2O. The molecule has 16 heavy (non-hydrogen) atoms. The zero-order valence-electron chi connectivity index (χ0n) is 9.21. The van der Waals surface area contributed by atoms with E-state index in [0.29, 0.717) is 22.6 Å². The summed E-state index contributed by atoms with van der Waals surface area (Å²) in [6, 6.07) is 4.95. The Hall–Kier alpha value is -1.68. The number of aromatic nitrogens is 2. The molecule has 0 saturated heterocycles. The van der Waals surface area contributed by atoms with E-state index >= 15 is 0 Å². The van der Waals surface area contributed by atoms with Crippen molar-refractivity contribution in [2.24, 2.45) is 0 Å². The van der Waals surface area contributed by atoms with Crippen molar-refractivity contribution in [1.82, 2.24) is 9.97 Å². The highest BCUT2D eigenvalue weighted by atomic mass is 19.1. The average molecular weight is 220 g/mol. The number of halogens is 1. The van der Waals surface area contributed by atoms with E-state index in [2.05, 4.69) is 9.97 Å². The van der Waals surface area contributed by atoms with Crippen molar-refractivity contribution in [3.05, 3.63) is 41.0 Å². The number of nitrogens with one attached hydrogen (secondary N) is 1. The number of hydrogen-bond acceptors (Lipinski definition) is 2. The third kappa shape index (κ3) is 1.84. The van der Waals surface area contributed by atoms with Gasteiger partial charge in [0, 0.05) is 11.3 Å². The highest BCUT2D eigenvalue weighted by Crippen LogP contribution is 2.20. The van der Waals surface area contributed by atoms with Crippen LogP contribution >= 0.6 is 0 Å². The van der Waals surface area contributed by atoms with Crippen molar-refractivity contribution >= 4 is 0 Å². The molecule has 0 unspecified atom stereocenters. The van der Waals surface area contributed by atoms with Gasteiger partial charge < -0.3 is 10.1 Å². The molecule has 2 N–H and O–H groups in total. The van der Waals surface area contributed by atoms with Crippen LogP contribution in [0.25, 0.3) is 11.4 Å². The summed E-state index contributed by atoms with van der Waals surface area (Å²) in [6.07, 6.45) is 0. The van der Waals surface area contributed by atoms with Gasteiger partial charge in [-0.25, -0.2) is 9.37 Å². The van der Waals surface area contributed by atoms with E-state index < -0.39 is 0 Å². The van der Waals surface area contributed by atoms with Crippen LogP contribution in [0.4, 0.5) is 4.39 Å². The van der Waals surface area contributed by atoms with Gasteiger partial charge in [0.05, 0.1) is 12.3 Å². The first kappa shape index (κ1) is 10.8.